The van der Waals surface area contributed by atoms with E-state index in [4.69, 9.17) is 14.2 Å². The number of hydrogen-bond donors (Lipinski definition) is 0. The predicted octanol–water partition coefficient (Wildman–Crippen LogP) is 4.91. The van der Waals surface area contributed by atoms with Crippen LogP contribution in [0.2, 0.25) is 0 Å². The standard InChI is InChI=1S/C23H18N2O8/c1-31-20-6-4-3-5-18(20)23(26)33-21-12-8-15(13-22(21)32-2)7-9-16-10-11-17(24(27)28)14-19(16)25(29)30/h3-14H,1-2H3/b9-7+. The van der Waals surface area contributed by atoms with Crippen LogP contribution < -0.4 is 14.2 Å². The van der Waals surface area contributed by atoms with Crippen LogP contribution in [0, 0.1) is 20.2 Å². The highest BCUT2D eigenvalue weighted by Gasteiger charge is 2.18. The lowest BCUT2D eigenvalue weighted by molar-refractivity contribution is -0.394. The van der Waals surface area contributed by atoms with E-state index in [0.717, 1.165) is 6.07 Å². The number of rotatable bonds is 8. The molecule has 0 aromatic heterocycles. The number of carbonyl (C=O) groups excluding carboxylic acids is 1. The number of ether oxygens (including phenoxy) is 3. The molecule has 168 valence electrons. The number of nitro benzene ring substituents is 2. The van der Waals surface area contributed by atoms with Gasteiger partial charge in [-0.1, -0.05) is 24.3 Å². The molecule has 0 saturated carbocycles. The fourth-order valence-corrected chi connectivity index (χ4v) is 2.97. The van der Waals surface area contributed by atoms with Crippen molar-refractivity contribution in [2.45, 2.75) is 0 Å². The van der Waals surface area contributed by atoms with E-state index in [2.05, 4.69) is 0 Å². The molecule has 0 unspecified atom stereocenters. The Balaban J connectivity index is 1.86. The molecule has 0 fully saturated rings. The molecule has 10 nitrogen and oxygen atoms in total. The monoisotopic (exact) mass is 450 g/mol. The van der Waals surface area contributed by atoms with Gasteiger partial charge in [0.15, 0.2) is 11.5 Å². The van der Waals surface area contributed by atoms with E-state index >= 15 is 0 Å². The van der Waals surface area contributed by atoms with E-state index in [1.807, 2.05) is 0 Å². The zero-order valence-electron chi connectivity index (χ0n) is 17.6. The van der Waals surface area contributed by atoms with Crippen molar-refractivity contribution in [1.82, 2.24) is 0 Å². The van der Waals surface area contributed by atoms with Crippen LogP contribution >= 0.6 is 0 Å². The molecule has 3 rings (SSSR count). The average Bonchev–Trinajstić information content (AvgIpc) is 2.82. The Labute approximate surface area is 187 Å². The summed E-state index contributed by atoms with van der Waals surface area (Å²) in [6, 6.07) is 14.7. The maximum atomic E-state index is 12.6. The van der Waals surface area contributed by atoms with Gasteiger partial charge in [0.05, 0.1) is 35.7 Å². The molecule has 0 atom stereocenters. The van der Waals surface area contributed by atoms with Gasteiger partial charge in [-0.2, -0.15) is 0 Å². The lowest BCUT2D eigenvalue weighted by Gasteiger charge is -2.11. The van der Waals surface area contributed by atoms with Crippen LogP contribution in [0.3, 0.4) is 0 Å². The maximum Gasteiger partial charge on any atom is 0.347 e. The van der Waals surface area contributed by atoms with Gasteiger partial charge in [-0.25, -0.2) is 4.79 Å². The summed E-state index contributed by atoms with van der Waals surface area (Å²) in [7, 11) is 2.85. The molecule has 0 spiro atoms. The van der Waals surface area contributed by atoms with Gasteiger partial charge in [0.2, 0.25) is 0 Å². The minimum atomic E-state index is -0.698. The lowest BCUT2D eigenvalue weighted by atomic mass is 10.1. The molecular weight excluding hydrogens is 432 g/mol. The van der Waals surface area contributed by atoms with Crippen molar-refractivity contribution >= 4 is 29.5 Å². The van der Waals surface area contributed by atoms with Crippen LogP contribution in [0.1, 0.15) is 21.5 Å². The first-order valence-corrected chi connectivity index (χ1v) is 9.48. The van der Waals surface area contributed by atoms with Crippen molar-refractivity contribution in [2.75, 3.05) is 14.2 Å². The molecule has 3 aromatic rings. The summed E-state index contributed by atoms with van der Waals surface area (Å²) < 4.78 is 15.9. The zero-order valence-corrected chi connectivity index (χ0v) is 17.6. The third kappa shape index (κ3) is 5.31. The van der Waals surface area contributed by atoms with E-state index in [0.29, 0.717) is 11.3 Å². The molecule has 0 saturated heterocycles. The molecule has 0 amide bonds. The third-order valence-corrected chi connectivity index (χ3v) is 4.59. The maximum absolute atomic E-state index is 12.6. The Hall–Kier alpha value is -4.73. The number of nitro groups is 2. The first-order chi connectivity index (χ1) is 15.8. The molecule has 0 heterocycles. The quantitative estimate of drug-likeness (QED) is 0.155. The summed E-state index contributed by atoms with van der Waals surface area (Å²) in [5, 5.41) is 22.2. The van der Waals surface area contributed by atoms with Crippen LogP contribution in [-0.2, 0) is 0 Å². The van der Waals surface area contributed by atoms with Crippen LogP contribution in [0.25, 0.3) is 12.2 Å². The van der Waals surface area contributed by atoms with Crippen LogP contribution in [0.15, 0.2) is 60.7 Å². The van der Waals surface area contributed by atoms with Gasteiger partial charge in [0.25, 0.3) is 11.4 Å². The van der Waals surface area contributed by atoms with Crippen molar-refractivity contribution in [3.8, 4) is 17.2 Å². The number of hydrogen-bond acceptors (Lipinski definition) is 8. The number of esters is 1. The Morgan fingerprint density at radius 2 is 1.55 bits per heavy atom. The molecule has 33 heavy (non-hydrogen) atoms. The van der Waals surface area contributed by atoms with Crippen LogP contribution in [0.5, 0.6) is 17.2 Å². The number of para-hydroxylation sites is 1. The molecule has 0 radical (unpaired) electrons. The van der Waals surface area contributed by atoms with Gasteiger partial charge >= 0.3 is 5.97 Å². The predicted molar refractivity (Wildman–Crippen MR) is 120 cm³/mol. The van der Waals surface area contributed by atoms with E-state index in [1.165, 1.54) is 38.5 Å². The first-order valence-electron chi connectivity index (χ1n) is 9.48. The van der Waals surface area contributed by atoms with Gasteiger partial charge in [-0.15, -0.1) is 0 Å². The minimum absolute atomic E-state index is 0.173. The smallest absolute Gasteiger partial charge is 0.347 e. The Kier molecular flexibility index (Phi) is 6.99. The van der Waals surface area contributed by atoms with Gasteiger partial charge in [-0.05, 0) is 42.0 Å². The normalized spacial score (nSPS) is 10.6. The fraction of sp³-hybridized carbons (Fsp3) is 0.0870. The van der Waals surface area contributed by atoms with E-state index in [1.54, 1.807) is 42.5 Å². The third-order valence-electron chi connectivity index (χ3n) is 4.59. The van der Waals surface area contributed by atoms with Crippen molar-refractivity contribution in [3.63, 3.8) is 0 Å². The SMILES string of the molecule is COc1cc(/C=C/c2ccc([N+](=O)[O-])cc2[N+](=O)[O-])ccc1OC(=O)c1ccccc1OC. The van der Waals surface area contributed by atoms with Crippen LogP contribution in [0.4, 0.5) is 11.4 Å². The molecular formula is C23H18N2O8. The molecule has 0 N–H and O–H groups in total. The zero-order chi connectivity index (χ0) is 24.0. The second kappa shape index (κ2) is 10.1. The van der Waals surface area contributed by atoms with Crippen molar-refractivity contribution in [3.05, 3.63) is 97.6 Å². The van der Waals surface area contributed by atoms with E-state index in [9.17, 15) is 25.0 Å². The lowest BCUT2D eigenvalue weighted by Crippen LogP contribution is -2.10. The largest absolute Gasteiger partial charge is 0.496 e. The average molecular weight is 450 g/mol. The summed E-state index contributed by atoms with van der Waals surface area (Å²) in [6.07, 6.45) is 3.03. The number of nitrogens with zero attached hydrogens (tertiary/aromatic N) is 2. The molecule has 0 bridgehead atoms. The van der Waals surface area contributed by atoms with Gasteiger partial charge < -0.3 is 14.2 Å². The van der Waals surface area contributed by atoms with Gasteiger partial charge in [0.1, 0.15) is 11.3 Å². The number of carbonyl (C=O) groups is 1. The molecule has 0 aliphatic heterocycles. The Bertz CT molecular complexity index is 1250. The topological polar surface area (TPSA) is 131 Å². The summed E-state index contributed by atoms with van der Waals surface area (Å²) in [6.45, 7) is 0. The highest BCUT2D eigenvalue weighted by atomic mass is 16.6. The summed E-state index contributed by atoms with van der Waals surface area (Å²) in [4.78, 5) is 33.3. The fourth-order valence-electron chi connectivity index (χ4n) is 2.97. The number of methoxy groups -OCH3 is 2. The Morgan fingerprint density at radius 3 is 2.21 bits per heavy atom. The Morgan fingerprint density at radius 1 is 0.818 bits per heavy atom. The van der Waals surface area contributed by atoms with Crippen LogP contribution in [-0.4, -0.2) is 30.0 Å². The second-order valence-electron chi connectivity index (χ2n) is 6.59. The second-order valence-corrected chi connectivity index (χ2v) is 6.59. The highest BCUT2D eigenvalue weighted by molar-refractivity contribution is 5.94. The van der Waals surface area contributed by atoms with Gasteiger partial charge in [-0.3, -0.25) is 20.2 Å². The van der Waals surface area contributed by atoms with Crippen molar-refractivity contribution in [2.24, 2.45) is 0 Å². The summed E-state index contributed by atoms with van der Waals surface area (Å²) in [5.74, 6) is 0.173. The first kappa shape index (κ1) is 22.9. The molecule has 0 aliphatic rings. The van der Waals surface area contributed by atoms with E-state index in [-0.39, 0.29) is 28.3 Å². The summed E-state index contributed by atoms with van der Waals surface area (Å²) >= 11 is 0. The molecule has 10 heteroatoms. The molecule has 0 aliphatic carbocycles. The van der Waals surface area contributed by atoms with E-state index < -0.39 is 21.5 Å². The van der Waals surface area contributed by atoms with Gasteiger partial charge in [0, 0.05) is 6.07 Å². The highest BCUT2D eigenvalue weighted by Crippen LogP contribution is 2.31. The minimum Gasteiger partial charge on any atom is -0.496 e. The number of benzene rings is 3. The summed E-state index contributed by atoms with van der Waals surface area (Å²) in [5.41, 5.74) is 0.265. The molecule has 3 aromatic carbocycles. The van der Waals surface area contributed by atoms with Crippen molar-refractivity contribution < 1.29 is 28.9 Å². The number of non-ortho nitro benzene ring substituents is 1. The van der Waals surface area contributed by atoms with Crippen molar-refractivity contribution in [1.29, 1.82) is 0 Å².